The number of aliphatic hydroxyl groups excluding tert-OH is 1. The molecule has 3 N–H and O–H groups in total. The second-order valence-corrected chi connectivity index (χ2v) is 7.88. The number of aromatic amines is 1. The zero-order chi connectivity index (χ0) is 20.4. The largest absolute Gasteiger partial charge is 0.477 e. The summed E-state index contributed by atoms with van der Waals surface area (Å²) in [4.78, 5) is 10.2. The maximum atomic E-state index is 10.1. The van der Waals surface area contributed by atoms with Gasteiger partial charge in [0, 0.05) is 41.3 Å². The van der Waals surface area contributed by atoms with E-state index in [9.17, 15) is 5.11 Å². The first-order chi connectivity index (χ1) is 14.1. The van der Waals surface area contributed by atoms with Crippen LogP contribution in [-0.4, -0.2) is 52.8 Å². The summed E-state index contributed by atoms with van der Waals surface area (Å²) >= 11 is 12.3. The highest BCUT2D eigenvalue weighted by molar-refractivity contribution is 6.32. The van der Waals surface area contributed by atoms with E-state index in [1.165, 1.54) is 5.56 Å². The van der Waals surface area contributed by atoms with Crippen molar-refractivity contribution in [3.8, 4) is 5.88 Å². The van der Waals surface area contributed by atoms with Crippen LogP contribution in [0.15, 0.2) is 30.3 Å². The highest BCUT2D eigenvalue weighted by Crippen LogP contribution is 2.35. The Morgan fingerprint density at radius 1 is 1.31 bits per heavy atom. The highest BCUT2D eigenvalue weighted by Gasteiger charge is 2.29. The molecule has 1 unspecified atom stereocenters. The van der Waals surface area contributed by atoms with Gasteiger partial charge in [0.15, 0.2) is 0 Å². The standard InChI is InChI=1S/C21H24Cl2N4O2/c1-2-29-21-16(23)4-6-19(26-21)24-8-10-27-9-7-14-15-11-13(22)3-5-17(15)25-20(14)18(27)12-28/h3-6,11,18,25,28H,2,7-10,12H2,1H3,(H,24,26). The summed E-state index contributed by atoms with van der Waals surface area (Å²) in [6.45, 7) is 4.81. The van der Waals surface area contributed by atoms with Crippen molar-refractivity contribution in [1.82, 2.24) is 14.9 Å². The molecule has 2 aromatic heterocycles. The number of pyridine rings is 1. The summed E-state index contributed by atoms with van der Waals surface area (Å²) in [6.07, 6.45) is 0.917. The number of fused-ring (bicyclic) bond motifs is 3. The molecule has 0 saturated heterocycles. The Kier molecular flexibility index (Phi) is 6.15. The van der Waals surface area contributed by atoms with Gasteiger partial charge in [-0.2, -0.15) is 4.98 Å². The Balaban J connectivity index is 1.45. The van der Waals surface area contributed by atoms with E-state index in [2.05, 4.69) is 20.2 Å². The van der Waals surface area contributed by atoms with Gasteiger partial charge in [-0.3, -0.25) is 4.90 Å². The molecule has 0 bridgehead atoms. The molecule has 0 aliphatic carbocycles. The summed E-state index contributed by atoms with van der Waals surface area (Å²) in [5, 5.41) is 15.8. The average molecular weight is 435 g/mol. The zero-order valence-electron chi connectivity index (χ0n) is 16.2. The van der Waals surface area contributed by atoms with E-state index in [0.29, 0.717) is 24.1 Å². The van der Waals surface area contributed by atoms with Gasteiger partial charge in [0.1, 0.15) is 10.8 Å². The first-order valence-corrected chi connectivity index (χ1v) is 10.5. The fraction of sp³-hybridized carbons (Fsp3) is 0.381. The third kappa shape index (κ3) is 4.16. The molecule has 6 nitrogen and oxygen atoms in total. The van der Waals surface area contributed by atoms with Gasteiger partial charge >= 0.3 is 0 Å². The summed E-state index contributed by atoms with van der Waals surface area (Å²) in [5.74, 6) is 1.16. The van der Waals surface area contributed by atoms with Crippen LogP contribution in [0.5, 0.6) is 5.88 Å². The molecule has 1 atom stereocenters. The number of anilines is 1. The molecule has 29 heavy (non-hydrogen) atoms. The maximum Gasteiger partial charge on any atom is 0.234 e. The quantitative estimate of drug-likeness (QED) is 0.517. The van der Waals surface area contributed by atoms with E-state index in [4.69, 9.17) is 27.9 Å². The van der Waals surface area contributed by atoms with Crippen molar-refractivity contribution >= 4 is 39.9 Å². The minimum absolute atomic E-state index is 0.0568. The molecule has 1 aromatic carbocycles. The summed E-state index contributed by atoms with van der Waals surface area (Å²) < 4.78 is 5.44. The van der Waals surface area contributed by atoms with Gasteiger partial charge in [0.2, 0.25) is 5.88 Å². The Hall–Kier alpha value is -1.99. The number of halogens is 2. The van der Waals surface area contributed by atoms with Crippen molar-refractivity contribution < 1.29 is 9.84 Å². The first kappa shape index (κ1) is 20.3. The van der Waals surface area contributed by atoms with Crippen LogP contribution >= 0.6 is 23.2 Å². The lowest BCUT2D eigenvalue weighted by Gasteiger charge is -2.34. The van der Waals surface area contributed by atoms with Crippen LogP contribution in [0.2, 0.25) is 10.0 Å². The van der Waals surface area contributed by atoms with Gasteiger partial charge in [-0.1, -0.05) is 23.2 Å². The molecule has 1 aliphatic rings. The number of aliphatic hydroxyl groups is 1. The van der Waals surface area contributed by atoms with Crippen LogP contribution in [-0.2, 0) is 6.42 Å². The number of ether oxygens (including phenoxy) is 1. The van der Waals surface area contributed by atoms with Crippen molar-refractivity contribution in [2.24, 2.45) is 0 Å². The van der Waals surface area contributed by atoms with Crippen molar-refractivity contribution in [1.29, 1.82) is 0 Å². The van der Waals surface area contributed by atoms with Crippen molar-refractivity contribution in [2.45, 2.75) is 19.4 Å². The van der Waals surface area contributed by atoms with Gasteiger partial charge in [-0.25, -0.2) is 0 Å². The number of hydrogen-bond acceptors (Lipinski definition) is 5. The lowest BCUT2D eigenvalue weighted by atomic mass is 9.97. The second-order valence-electron chi connectivity index (χ2n) is 7.03. The number of rotatable bonds is 7. The molecule has 3 heterocycles. The van der Waals surface area contributed by atoms with Crippen molar-refractivity contribution in [3.63, 3.8) is 0 Å². The number of benzene rings is 1. The predicted octanol–water partition coefficient (Wildman–Crippen LogP) is 4.27. The lowest BCUT2D eigenvalue weighted by Crippen LogP contribution is -2.40. The maximum absolute atomic E-state index is 10.1. The minimum atomic E-state index is -0.0658. The molecule has 0 spiro atoms. The Morgan fingerprint density at radius 2 is 2.17 bits per heavy atom. The summed E-state index contributed by atoms with van der Waals surface area (Å²) in [5.41, 5.74) is 3.40. The predicted molar refractivity (Wildman–Crippen MR) is 117 cm³/mol. The van der Waals surface area contributed by atoms with Crippen LogP contribution in [0.25, 0.3) is 10.9 Å². The Labute approximate surface area is 179 Å². The highest BCUT2D eigenvalue weighted by atomic mass is 35.5. The first-order valence-electron chi connectivity index (χ1n) is 9.78. The molecule has 3 aromatic rings. The number of nitrogens with zero attached hydrogens (tertiary/aromatic N) is 2. The second kappa shape index (κ2) is 8.79. The van der Waals surface area contributed by atoms with Crippen molar-refractivity contribution in [2.75, 3.05) is 38.2 Å². The van der Waals surface area contributed by atoms with Crippen LogP contribution in [0.1, 0.15) is 24.2 Å². The molecule has 0 amide bonds. The molecule has 8 heteroatoms. The topological polar surface area (TPSA) is 73.4 Å². The number of aromatic nitrogens is 2. The third-order valence-electron chi connectivity index (χ3n) is 5.30. The van der Waals surface area contributed by atoms with E-state index in [-0.39, 0.29) is 12.6 Å². The van der Waals surface area contributed by atoms with Gasteiger partial charge in [0.25, 0.3) is 0 Å². The average Bonchev–Trinajstić information content (AvgIpc) is 3.08. The normalized spacial score (nSPS) is 16.8. The van der Waals surface area contributed by atoms with Crippen LogP contribution < -0.4 is 10.1 Å². The van der Waals surface area contributed by atoms with E-state index >= 15 is 0 Å². The fourth-order valence-electron chi connectivity index (χ4n) is 3.95. The molecule has 4 rings (SSSR count). The van der Waals surface area contributed by atoms with Gasteiger partial charge in [-0.15, -0.1) is 0 Å². The third-order valence-corrected chi connectivity index (χ3v) is 5.82. The summed E-state index contributed by atoms with van der Waals surface area (Å²) in [6, 6.07) is 9.44. The van der Waals surface area contributed by atoms with E-state index in [0.717, 1.165) is 46.9 Å². The molecule has 0 saturated carbocycles. The molecule has 0 radical (unpaired) electrons. The SMILES string of the molecule is CCOc1nc(NCCN2CCc3c([nH]c4ccc(Cl)cc34)C2CO)ccc1Cl. The molecular weight excluding hydrogens is 411 g/mol. The number of nitrogens with one attached hydrogen (secondary N) is 2. The van der Waals surface area contributed by atoms with Crippen LogP contribution in [0.4, 0.5) is 5.82 Å². The zero-order valence-corrected chi connectivity index (χ0v) is 17.7. The molecule has 154 valence electrons. The Bertz CT molecular complexity index is 1010. The fourth-order valence-corrected chi connectivity index (χ4v) is 4.28. The van der Waals surface area contributed by atoms with E-state index < -0.39 is 0 Å². The van der Waals surface area contributed by atoms with E-state index in [1.54, 1.807) is 6.07 Å². The van der Waals surface area contributed by atoms with Gasteiger partial charge in [0.05, 0.1) is 19.3 Å². The number of H-pyrrole nitrogens is 1. The lowest BCUT2D eigenvalue weighted by molar-refractivity contribution is 0.116. The van der Waals surface area contributed by atoms with Gasteiger partial charge < -0.3 is 20.1 Å². The molecule has 1 aliphatic heterocycles. The summed E-state index contributed by atoms with van der Waals surface area (Å²) in [7, 11) is 0. The van der Waals surface area contributed by atoms with Crippen LogP contribution in [0.3, 0.4) is 0 Å². The Morgan fingerprint density at radius 3 is 2.97 bits per heavy atom. The van der Waals surface area contributed by atoms with Crippen LogP contribution in [0, 0.1) is 0 Å². The van der Waals surface area contributed by atoms with E-state index in [1.807, 2.05) is 31.2 Å². The smallest absolute Gasteiger partial charge is 0.234 e. The van der Waals surface area contributed by atoms with Crippen molar-refractivity contribution in [3.05, 3.63) is 51.6 Å². The molecule has 0 fully saturated rings. The van der Waals surface area contributed by atoms with Gasteiger partial charge in [-0.05, 0) is 49.2 Å². The monoisotopic (exact) mass is 434 g/mol. The minimum Gasteiger partial charge on any atom is -0.477 e. The number of hydrogen-bond donors (Lipinski definition) is 3. The molecular formula is C21H24Cl2N4O2.